The van der Waals surface area contributed by atoms with E-state index in [1.54, 1.807) is 0 Å². The summed E-state index contributed by atoms with van der Waals surface area (Å²) in [6, 6.07) is 17.0. The zero-order chi connectivity index (χ0) is 15.4. The maximum Gasteiger partial charge on any atom is 0.0386 e. The maximum atomic E-state index is 4.16. The fourth-order valence-corrected chi connectivity index (χ4v) is 2.70. The van der Waals surface area contributed by atoms with Crippen LogP contribution in [-0.2, 0) is 0 Å². The van der Waals surface area contributed by atoms with Gasteiger partial charge >= 0.3 is 0 Å². The van der Waals surface area contributed by atoms with Gasteiger partial charge < -0.3 is 5.32 Å². The molecule has 0 saturated carbocycles. The predicted octanol–water partition coefficient (Wildman–Crippen LogP) is 5.81. The van der Waals surface area contributed by atoms with Crippen molar-refractivity contribution in [1.29, 1.82) is 0 Å². The molecule has 0 atom stereocenters. The summed E-state index contributed by atoms with van der Waals surface area (Å²) in [7, 11) is 0. The number of rotatable bonds is 4. The average molecular weight is 287 g/mol. The molecule has 0 unspecified atom stereocenters. The summed E-state index contributed by atoms with van der Waals surface area (Å²) < 4.78 is 0. The third-order valence-corrected chi connectivity index (χ3v) is 3.93. The number of hydrogen-bond donors (Lipinski definition) is 1. The highest BCUT2D eigenvalue weighted by molar-refractivity contribution is 5.77. The lowest BCUT2D eigenvalue weighted by Crippen LogP contribution is -1.98. The van der Waals surface area contributed by atoms with Gasteiger partial charge in [-0.25, -0.2) is 0 Å². The van der Waals surface area contributed by atoms with Crippen molar-refractivity contribution in [3.63, 3.8) is 0 Å². The lowest BCUT2D eigenvalue weighted by Gasteiger charge is -2.13. The molecule has 110 valence electrons. The van der Waals surface area contributed by atoms with Gasteiger partial charge in [0.2, 0.25) is 0 Å². The SMILES string of the molecule is C=C(Nc1cccc(C)c1)c1ccc(C2=CC=CCC2)cc1. The summed E-state index contributed by atoms with van der Waals surface area (Å²) in [5, 5.41) is 3.38. The lowest BCUT2D eigenvalue weighted by molar-refractivity contribution is 1.05. The lowest BCUT2D eigenvalue weighted by atomic mass is 9.96. The molecule has 0 saturated heterocycles. The number of benzene rings is 2. The van der Waals surface area contributed by atoms with Crippen LogP contribution in [0.1, 0.15) is 29.5 Å². The largest absolute Gasteiger partial charge is 0.356 e. The van der Waals surface area contributed by atoms with E-state index < -0.39 is 0 Å². The molecular weight excluding hydrogens is 266 g/mol. The molecule has 2 aromatic carbocycles. The highest BCUT2D eigenvalue weighted by Crippen LogP contribution is 2.25. The van der Waals surface area contributed by atoms with E-state index in [0.29, 0.717) is 0 Å². The van der Waals surface area contributed by atoms with Crippen molar-refractivity contribution in [2.75, 3.05) is 5.32 Å². The Morgan fingerprint density at radius 1 is 1.09 bits per heavy atom. The van der Waals surface area contributed by atoms with Gasteiger partial charge in [0.1, 0.15) is 0 Å². The second-order valence-corrected chi connectivity index (χ2v) is 5.71. The first kappa shape index (κ1) is 14.4. The van der Waals surface area contributed by atoms with Crippen molar-refractivity contribution in [2.45, 2.75) is 19.8 Å². The van der Waals surface area contributed by atoms with Crippen LogP contribution in [0.25, 0.3) is 11.3 Å². The van der Waals surface area contributed by atoms with Gasteiger partial charge in [0.15, 0.2) is 0 Å². The second-order valence-electron chi connectivity index (χ2n) is 5.71. The molecule has 1 aliphatic rings. The zero-order valence-electron chi connectivity index (χ0n) is 13.0. The van der Waals surface area contributed by atoms with Gasteiger partial charge in [0.25, 0.3) is 0 Å². The van der Waals surface area contributed by atoms with Crippen LogP contribution in [0.4, 0.5) is 5.69 Å². The van der Waals surface area contributed by atoms with Crippen molar-refractivity contribution in [2.24, 2.45) is 0 Å². The summed E-state index contributed by atoms with van der Waals surface area (Å²) >= 11 is 0. The second kappa shape index (κ2) is 6.48. The quantitative estimate of drug-likeness (QED) is 0.748. The van der Waals surface area contributed by atoms with Gasteiger partial charge in [0, 0.05) is 11.4 Å². The molecule has 1 nitrogen and oxygen atoms in total. The minimum atomic E-state index is 0.926. The predicted molar refractivity (Wildman–Crippen MR) is 96.6 cm³/mol. The van der Waals surface area contributed by atoms with Gasteiger partial charge in [-0.2, -0.15) is 0 Å². The topological polar surface area (TPSA) is 12.0 Å². The minimum Gasteiger partial charge on any atom is -0.356 e. The molecular formula is C21H21N. The highest BCUT2D eigenvalue weighted by atomic mass is 14.9. The van der Waals surface area contributed by atoms with Gasteiger partial charge in [-0.05, 0) is 54.2 Å². The van der Waals surface area contributed by atoms with E-state index in [-0.39, 0.29) is 0 Å². The molecule has 0 amide bonds. The molecule has 0 bridgehead atoms. The Kier molecular flexibility index (Phi) is 4.24. The zero-order valence-corrected chi connectivity index (χ0v) is 13.0. The fourth-order valence-electron chi connectivity index (χ4n) is 2.70. The number of allylic oxidation sites excluding steroid dienone is 4. The van der Waals surface area contributed by atoms with E-state index in [4.69, 9.17) is 0 Å². The molecule has 0 spiro atoms. The van der Waals surface area contributed by atoms with Crippen molar-refractivity contribution in [3.8, 4) is 0 Å². The molecule has 0 heterocycles. The summed E-state index contributed by atoms with van der Waals surface area (Å²) in [6.07, 6.45) is 8.82. The van der Waals surface area contributed by atoms with Gasteiger partial charge in [-0.1, -0.05) is 61.2 Å². The van der Waals surface area contributed by atoms with E-state index in [9.17, 15) is 0 Å². The van der Waals surface area contributed by atoms with E-state index in [1.807, 2.05) is 0 Å². The van der Waals surface area contributed by atoms with Crippen molar-refractivity contribution < 1.29 is 0 Å². The monoisotopic (exact) mass is 287 g/mol. The molecule has 1 N–H and O–H groups in total. The van der Waals surface area contributed by atoms with Crippen LogP contribution in [-0.4, -0.2) is 0 Å². The summed E-state index contributed by atoms with van der Waals surface area (Å²) in [5.74, 6) is 0. The Labute approximate surface area is 132 Å². The van der Waals surface area contributed by atoms with Crippen LogP contribution >= 0.6 is 0 Å². The normalized spacial score (nSPS) is 13.6. The molecule has 0 aliphatic heterocycles. The van der Waals surface area contributed by atoms with E-state index >= 15 is 0 Å². The number of aryl methyl sites for hydroxylation is 1. The van der Waals surface area contributed by atoms with Crippen LogP contribution in [0.2, 0.25) is 0 Å². The van der Waals surface area contributed by atoms with Crippen LogP contribution in [0.15, 0.2) is 73.3 Å². The Morgan fingerprint density at radius 3 is 2.59 bits per heavy atom. The Balaban J connectivity index is 1.73. The molecule has 2 aromatic rings. The van der Waals surface area contributed by atoms with Gasteiger partial charge in [0.05, 0.1) is 0 Å². The molecule has 3 rings (SSSR count). The number of anilines is 1. The van der Waals surface area contributed by atoms with Crippen LogP contribution in [0.5, 0.6) is 0 Å². The van der Waals surface area contributed by atoms with Crippen molar-refractivity contribution >= 4 is 17.0 Å². The first-order valence-corrected chi connectivity index (χ1v) is 7.71. The Morgan fingerprint density at radius 2 is 1.91 bits per heavy atom. The van der Waals surface area contributed by atoms with Crippen LogP contribution in [0.3, 0.4) is 0 Å². The Hall–Kier alpha value is -2.54. The average Bonchev–Trinajstić information content (AvgIpc) is 2.56. The number of hydrogen-bond acceptors (Lipinski definition) is 1. The van der Waals surface area contributed by atoms with Crippen molar-refractivity contribution in [1.82, 2.24) is 0 Å². The Bertz CT molecular complexity index is 733. The standard InChI is InChI=1S/C21H21N/c1-16-7-6-10-21(15-16)22-17(2)18-11-13-20(14-12-18)19-8-4-3-5-9-19/h3-4,6-8,10-15,22H,2,5,9H2,1H3. The maximum absolute atomic E-state index is 4.16. The van der Waals surface area contributed by atoms with Crippen LogP contribution in [0, 0.1) is 6.92 Å². The summed E-state index contributed by atoms with van der Waals surface area (Å²) in [4.78, 5) is 0. The first-order valence-electron chi connectivity index (χ1n) is 7.71. The minimum absolute atomic E-state index is 0.926. The van der Waals surface area contributed by atoms with E-state index in [0.717, 1.165) is 29.8 Å². The molecule has 22 heavy (non-hydrogen) atoms. The third-order valence-electron chi connectivity index (χ3n) is 3.93. The molecule has 1 heteroatoms. The highest BCUT2D eigenvalue weighted by Gasteiger charge is 2.05. The van der Waals surface area contributed by atoms with E-state index in [1.165, 1.54) is 16.7 Å². The van der Waals surface area contributed by atoms with Gasteiger partial charge in [-0.15, -0.1) is 0 Å². The smallest absolute Gasteiger partial charge is 0.0386 e. The number of nitrogens with one attached hydrogen (secondary N) is 1. The molecule has 1 aliphatic carbocycles. The van der Waals surface area contributed by atoms with E-state index in [2.05, 4.69) is 85.6 Å². The molecule has 0 fully saturated rings. The fraction of sp³-hybridized carbons (Fsp3) is 0.143. The third kappa shape index (κ3) is 3.37. The molecule has 0 aromatic heterocycles. The summed E-state index contributed by atoms with van der Waals surface area (Å²) in [6.45, 7) is 6.25. The first-order chi connectivity index (χ1) is 10.7. The summed E-state index contributed by atoms with van der Waals surface area (Å²) in [5.41, 5.74) is 7.08. The van der Waals surface area contributed by atoms with Crippen molar-refractivity contribution in [3.05, 3.63) is 90.0 Å². The van der Waals surface area contributed by atoms with Crippen LogP contribution < -0.4 is 5.32 Å². The van der Waals surface area contributed by atoms with Gasteiger partial charge in [-0.3, -0.25) is 0 Å². The molecule has 0 radical (unpaired) electrons.